The minimum atomic E-state index is -5.35. The van der Waals surface area contributed by atoms with Gasteiger partial charge in [-0.2, -0.15) is 17.5 Å². The highest BCUT2D eigenvalue weighted by molar-refractivity contribution is 7.93. The molecule has 9 nitrogen and oxygen atoms in total. The summed E-state index contributed by atoms with van der Waals surface area (Å²) in [5, 5.41) is 14.3. The van der Waals surface area contributed by atoms with Crippen molar-refractivity contribution in [2.24, 2.45) is 5.73 Å². The van der Waals surface area contributed by atoms with E-state index in [0.717, 1.165) is 9.79 Å². The Morgan fingerprint density at radius 2 is 1.79 bits per heavy atom. The Hall–Kier alpha value is -2.64. The predicted molar refractivity (Wildman–Crippen MR) is 95.5 cm³/mol. The van der Waals surface area contributed by atoms with Crippen molar-refractivity contribution in [3.8, 4) is 5.75 Å². The summed E-state index contributed by atoms with van der Waals surface area (Å²) in [6.07, 6.45) is -5.19. The van der Waals surface area contributed by atoms with Crippen LogP contribution in [0, 0.1) is 5.41 Å². The van der Waals surface area contributed by atoms with Crippen LogP contribution in [-0.2, 0) is 14.8 Å². The number of carbonyl (C=O) groups excluding carboxylic acids is 1. The number of benzene rings is 1. The van der Waals surface area contributed by atoms with Gasteiger partial charge in [0, 0.05) is 13.1 Å². The third-order valence-electron chi connectivity index (χ3n) is 4.17. The van der Waals surface area contributed by atoms with Crippen molar-refractivity contribution in [3.05, 3.63) is 40.9 Å². The molecule has 1 saturated heterocycles. The topological polar surface area (TPSA) is 146 Å². The van der Waals surface area contributed by atoms with Gasteiger partial charge in [-0.05, 0) is 25.0 Å². The zero-order valence-electron chi connectivity index (χ0n) is 14.9. The quantitative estimate of drug-likeness (QED) is 0.228. The number of hydroxylamine groups is 1. The summed E-state index contributed by atoms with van der Waals surface area (Å²) in [5.74, 6) is -1.26. The first kappa shape index (κ1) is 22.6. The molecule has 0 spiro atoms. The summed E-state index contributed by atoms with van der Waals surface area (Å²) >= 11 is 0. The fourth-order valence-corrected chi connectivity index (χ4v) is 4.12. The number of amides is 1. The maximum absolute atomic E-state index is 12.8. The number of nitrogens with one attached hydrogen (secondary N) is 2. The lowest BCUT2D eigenvalue weighted by Crippen LogP contribution is -2.45. The molecule has 0 aromatic heterocycles. The predicted octanol–water partition coefficient (Wildman–Crippen LogP) is 1.12. The van der Waals surface area contributed by atoms with Gasteiger partial charge < -0.3 is 10.5 Å². The van der Waals surface area contributed by atoms with Crippen LogP contribution in [-0.4, -0.2) is 54.9 Å². The summed E-state index contributed by atoms with van der Waals surface area (Å²) in [6, 6.07) is 8.79. The van der Waals surface area contributed by atoms with E-state index in [1.54, 1.807) is 30.3 Å². The van der Waals surface area contributed by atoms with E-state index >= 15 is 0 Å². The Labute approximate surface area is 164 Å². The molecule has 1 aromatic carbocycles. The molecular formula is C16H19F3N4O5S. The van der Waals surface area contributed by atoms with E-state index in [1.165, 1.54) is 0 Å². The molecule has 0 radical (unpaired) electrons. The second-order valence-electron chi connectivity index (χ2n) is 6.09. The zero-order chi connectivity index (χ0) is 21.8. The van der Waals surface area contributed by atoms with Gasteiger partial charge in [0.05, 0.1) is 0 Å². The number of ether oxygens (including phenoxy) is 1. The Morgan fingerprint density at radius 3 is 2.28 bits per heavy atom. The summed E-state index contributed by atoms with van der Waals surface area (Å²) in [5.41, 5.74) is 2.29. The SMILES string of the molecule is N=C(/C(C(=O)NO)=C(\N)S(=O)(=O)N1CCC(Oc2ccccc2)CC1)C(F)(F)F. The maximum atomic E-state index is 12.8. The van der Waals surface area contributed by atoms with Crippen LogP contribution in [0.3, 0.4) is 0 Å². The maximum Gasteiger partial charge on any atom is 0.433 e. The van der Waals surface area contributed by atoms with E-state index < -0.39 is 38.4 Å². The molecule has 13 heteroatoms. The van der Waals surface area contributed by atoms with E-state index in [-0.39, 0.29) is 32.0 Å². The van der Waals surface area contributed by atoms with Crippen molar-refractivity contribution in [1.29, 1.82) is 5.41 Å². The van der Waals surface area contributed by atoms with Crippen LogP contribution in [0.25, 0.3) is 0 Å². The van der Waals surface area contributed by atoms with Crippen molar-refractivity contribution in [3.63, 3.8) is 0 Å². The summed E-state index contributed by atoms with van der Waals surface area (Å²) in [6.45, 7) is -0.234. The van der Waals surface area contributed by atoms with Crippen LogP contribution in [0.15, 0.2) is 40.9 Å². The monoisotopic (exact) mass is 436 g/mol. The molecule has 29 heavy (non-hydrogen) atoms. The second kappa shape index (κ2) is 8.80. The molecule has 2 rings (SSSR count). The molecule has 0 aliphatic carbocycles. The van der Waals surface area contributed by atoms with E-state index in [0.29, 0.717) is 5.75 Å². The number of piperidine rings is 1. The number of hydrogen-bond acceptors (Lipinski definition) is 7. The average molecular weight is 436 g/mol. The molecule has 1 heterocycles. The van der Waals surface area contributed by atoms with Gasteiger partial charge in [0.1, 0.15) is 17.4 Å². The van der Waals surface area contributed by atoms with Crippen molar-refractivity contribution in [1.82, 2.24) is 9.79 Å². The smallest absolute Gasteiger partial charge is 0.433 e. The fourth-order valence-electron chi connectivity index (χ4n) is 2.70. The van der Waals surface area contributed by atoms with E-state index in [1.807, 2.05) is 0 Å². The lowest BCUT2D eigenvalue weighted by atomic mass is 10.1. The molecule has 1 aliphatic rings. The van der Waals surface area contributed by atoms with E-state index in [4.69, 9.17) is 21.1 Å². The lowest BCUT2D eigenvalue weighted by Gasteiger charge is -2.31. The van der Waals surface area contributed by atoms with Crippen LogP contribution in [0.5, 0.6) is 5.75 Å². The van der Waals surface area contributed by atoms with Crippen LogP contribution in [0.4, 0.5) is 13.2 Å². The molecule has 0 unspecified atom stereocenters. The standard InChI is InChI=1S/C16H19F3N4O5S/c17-16(18,19)13(20)12(15(24)22-25)14(21)29(26,27)23-8-6-11(7-9-23)28-10-4-2-1-3-5-10/h1-5,11,20,25H,6-9,21H2,(H,22,24)/b14-12-,20-13?. The molecule has 1 aromatic rings. The number of sulfonamides is 1. The number of rotatable bonds is 6. The number of carbonyl (C=O) groups is 1. The Morgan fingerprint density at radius 1 is 1.24 bits per heavy atom. The van der Waals surface area contributed by atoms with Crippen molar-refractivity contribution >= 4 is 21.6 Å². The van der Waals surface area contributed by atoms with Gasteiger partial charge >= 0.3 is 6.18 Å². The molecule has 5 N–H and O–H groups in total. The second-order valence-corrected chi connectivity index (χ2v) is 7.99. The van der Waals surface area contributed by atoms with Crippen LogP contribution in [0.1, 0.15) is 12.8 Å². The molecule has 0 bridgehead atoms. The van der Waals surface area contributed by atoms with Crippen molar-refractivity contribution in [2.75, 3.05) is 13.1 Å². The minimum absolute atomic E-state index is 0.117. The van der Waals surface area contributed by atoms with Crippen LogP contribution >= 0.6 is 0 Å². The molecule has 0 atom stereocenters. The molecule has 1 fully saturated rings. The zero-order valence-corrected chi connectivity index (χ0v) is 15.8. The van der Waals surface area contributed by atoms with Crippen LogP contribution < -0.4 is 16.0 Å². The molecule has 1 amide bonds. The molecule has 0 saturated carbocycles. The largest absolute Gasteiger partial charge is 0.490 e. The molecule has 160 valence electrons. The lowest BCUT2D eigenvalue weighted by molar-refractivity contribution is -0.125. The highest BCUT2D eigenvalue weighted by Gasteiger charge is 2.43. The first-order chi connectivity index (χ1) is 13.5. The van der Waals surface area contributed by atoms with Gasteiger partial charge in [0.25, 0.3) is 15.9 Å². The number of para-hydroxylation sites is 1. The number of halogens is 3. The van der Waals surface area contributed by atoms with Crippen molar-refractivity contribution in [2.45, 2.75) is 25.1 Å². The molecular weight excluding hydrogens is 417 g/mol. The first-order valence-corrected chi connectivity index (χ1v) is 9.74. The average Bonchev–Trinajstić information content (AvgIpc) is 2.68. The summed E-state index contributed by atoms with van der Waals surface area (Å²) in [7, 11) is -4.70. The number of alkyl halides is 3. The first-order valence-electron chi connectivity index (χ1n) is 8.30. The van der Waals surface area contributed by atoms with Gasteiger partial charge in [-0.1, -0.05) is 18.2 Å². The number of nitrogens with two attached hydrogens (primary N) is 1. The minimum Gasteiger partial charge on any atom is -0.490 e. The van der Waals surface area contributed by atoms with Gasteiger partial charge in [-0.15, -0.1) is 0 Å². The molecule has 1 aliphatic heterocycles. The van der Waals surface area contributed by atoms with E-state index in [9.17, 15) is 26.4 Å². The third-order valence-corrected chi connectivity index (χ3v) is 5.98. The Bertz CT molecular complexity index is 895. The van der Waals surface area contributed by atoms with Gasteiger partial charge in [-0.3, -0.25) is 15.4 Å². The van der Waals surface area contributed by atoms with E-state index in [2.05, 4.69) is 0 Å². The number of hydrogen-bond donors (Lipinski definition) is 4. The van der Waals surface area contributed by atoms with Crippen LogP contribution in [0.2, 0.25) is 0 Å². The van der Waals surface area contributed by atoms with Crippen molar-refractivity contribution < 1.29 is 36.3 Å². The fraction of sp³-hybridized carbons (Fsp3) is 0.375. The van der Waals surface area contributed by atoms with Gasteiger partial charge in [0.15, 0.2) is 10.7 Å². The number of nitrogens with zero attached hydrogens (tertiary/aromatic N) is 1. The Kier molecular flexibility index (Phi) is 6.87. The summed E-state index contributed by atoms with van der Waals surface area (Å²) < 4.78 is 70.3. The Balaban J connectivity index is 2.21. The van der Waals surface area contributed by atoms with Gasteiger partial charge in [-0.25, -0.2) is 13.9 Å². The normalized spacial score (nSPS) is 17.4. The third kappa shape index (κ3) is 5.25. The van der Waals surface area contributed by atoms with Gasteiger partial charge in [0.2, 0.25) is 0 Å². The summed E-state index contributed by atoms with van der Waals surface area (Å²) in [4.78, 5) is 11.6. The highest BCUT2D eigenvalue weighted by atomic mass is 32.2. The highest BCUT2D eigenvalue weighted by Crippen LogP contribution is 2.26.